The normalized spacial score (nSPS) is 11.4. The Labute approximate surface area is 143 Å². The molecular formula is C14H13BrF4N4O. The van der Waals surface area contributed by atoms with Crippen molar-refractivity contribution in [2.24, 2.45) is 0 Å². The number of alkyl halides is 3. The van der Waals surface area contributed by atoms with Gasteiger partial charge >= 0.3 is 6.18 Å². The monoisotopic (exact) mass is 408 g/mol. The second kappa shape index (κ2) is 7.75. The second-order valence-corrected chi connectivity index (χ2v) is 5.57. The molecule has 0 saturated heterocycles. The van der Waals surface area contributed by atoms with Crippen LogP contribution < -0.4 is 10.6 Å². The lowest BCUT2D eigenvalue weighted by Gasteiger charge is -2.13. The number of halogens is 5. The van der Waals surface area contributed by atoms with E-state index in [0.717, 1.165) is 12.1 Å². The van der Waals surface area contributed by atoms with E-state index in [1.54, 1.807) is 0 Å². The van der Waals surface area contributed by atoms with Gasteiger partial charge in [0.1, 0.15) is 11.6 Å². The van der Waals surface area contributed by atoms with Gasteiger partial charge in [0, 0.05) is 24.9 Å². The molecule has 1 aromatic carbocycles. The van der Waals surface area contributed by atoms with Crippen molar-refractivity contribution in [3.63, 3.8) is 0 Å². The van der Waals surface area contributed by atoms with Crippen molar-refractivity contribution in [3.8, 4) is 0 Å². The molecule has 10 heteroatoms. The highest BCUT2D eigenvalue weighted by Crippen LogP contribution is 2.30. The van der Waals surface area contributed by atoms with Gasteiger partial charge in [0.25, 0.3) is 0 Å². The van der Waals surface area contributed by atoms with Gasteiger partial charge in [-0.2, -0.15) is 18.2 Å². The van der Waals surface area contributed by atoms with Gasteiger partial charge in [-0.15, -0.1) is 0 Å². The van der Waals surface area contributed by atoms with Crippen LogP contribution in [-0.2, 0) is 6.18 Å². The molecule has 2 rings (SSSR count). The van der Waals surface area contributed by atoms with E-state index in [1.807, 2.05) is 0 Å². The van der Waals surface area contributed by atoms with Crippen molar-refractivity contribution in [1.29, 1.82) is 0 Å². The summed E-state index contributed by atoms with van der Waals surface area (Å²) in [5.74, 6) is -0.935. The molecule has 0 fully saturated rings. The largest absolute Gasteiger partial charge is 0.433 e. The third kappa shape index (κ3) is 5.03. The molecule has 0 spiro atoms. The Balaban J connectivity index is 2.29. The van der Waals surface area contributed by atoms with Crippen LogP contribution in [0, 0.1) is 5.82 Å². The second-order valence-electron chi connectivity index (χ2n) is 4.72. The number of hydrogen-bond donors (Lipinski definition) is 3. The maximum Gasteiger partial charge on any atom is 0.433 e. The van der Waals surface area contributed by atoms with Crippen LogP contribution in [-0.4, -0.2) is 28.2 Å². The molecule has 0 aliphatic carbocycles. The fourth-order valence-corrected chi connectivity index (χ4v) is 1.98. The minimum absolute atomic E-state index is 0.116. The quantitative estimate of drug-likeness (QED) is 0.498. The van der Waals surface area contributed by atoms with Gasteiger partial charge in [-0.3, -0.25) is 0 Å². The van der Waals surface area contributed by atoms with Crippen LogP contribution >= 0.6 is 15.9 Å². The Morgan fingerprint density at radius 3 is 2.54 bits per heavy atom. The summed E-state index contributed by atoms with van der Waals surface area (Å²) in [4.78, 5) is 7.32. The highest BCUT2D eigenvalue weighted by molar-refractivity contribution is 9.10. The molecule has 0 radical (unpaired) electrons. The van der Waals surface area contributed by atoms with Gasteiger partial charge < -0.3 is 15.7 Å². The van der Waals surface area contributed by atoms with Crippen LogP contribution in [0.25, 0.3) is 0 Å². The summed E-state index contributed by atoms with van der Waals surface area (Å²) in [5, 5.41) is 13.9. The van der Waals surface area contributed by atoms with Crippen molar-refractivity contribution < 1.29 is 22.7 Å². The molecule has 0 atom stereocenters. The van der Waals surface area contributed by atoms with Crippen LogP contribution in [0.5, 0.6) is 0 Å². The molecule has 5 nitrogen and oxygen atoms in total. The van der Waals surface area contributed by atoms with Crippen LogP contribution in [0.2, 0.25) is 0 Å². The van der Waals surface area contributed by atoms with Crippen molar-refractivity contribution in [1.82, 2.24) is 9.97 Å². The Morgan fingerprint density at radius 2 is 1.92 bits per heavy atom. The van der Waals surface area contributed by atoms with Gasteiger partial charge in [-0.1, -0.05) is 0 Å². The summed E-state index contributed by atoms with van der Waals surface area (Å²) >= 11 is 2.99. The lowest BCUT2D eigenvalue weighted by molar-refractivity contribution is -0.141. The highest BCUT2D eigenvalue weighted by atomic mass is 79.9. The standard InChI is InChI=1S/C14H13BrF4N4O/c15-9-3-2-8(6-10(9)16)21-12-7-11(14(17,18)19)22-13(23-12)20-4-1-5-24/h2-3,6-7,24H,1,4-5H2,(H2,20,21,22,23). The van der Waals surface area contributed by atoms with Gasteiger partial charge in [0.2, 0.25) is 5.95 Å². The number of rotatable bonds is 6. The Bertz CT molecular complexity index is 712. The smallest absolute Gasteiger partial charge is 0.396 e. The number of aromatic nitrogens is 2. The average Bonchev–Trinajstić information content (AvgIpc) is 2.50. The van der Waals surface area contributed by atoms with E-state index < -0.39 is 17.7 Å². The van der Waals surface area contributed by atoms with Crippen molar-refractivity contribution in [3.05, 3.63) is 40.2 Å². The van der Waals surface area contributed by atoms with E-state index in [-0.39, 0.29) is 35.1 Å². The van der Waals surface area contributed by atoms with Gasteiger partial charge in [0.15, 0.2) is 5.69 Å². The topological polar surface area (TPSA) is 70.1 Å². The molecule has 0 aliphatic rings. The van der Waals surface area contributed by atoms with E-state index >= 15 is 0 Å². The van der Waals surface area contributed by atoms with Crippen LogP contribution in [0.15, 0.2) is 28.7 Å². The van der Waals surface area contributed by atoms with Crippen LogP contribution in [0.1, 0.15) is 12.1 Å². The zero-order valence-electron chi connectivity index (χ0n) is 12.2. The molecule has 0 amide bonds. The number of aliphatic hydroxyl groups excluding tert-OH is 1. The van der Waals surface area contributed by atoms with Gasteiger partial charge in [-0.05, 0) is 40.5 Å². The van der Waals surface area contributed by atoms with Crippen molar-refractivity contribution in [2.45, 2.75) is 12.6 Å². The molecule has 0 unspecified atom stereocenters. The molecule has 0 saturated carbocycles. The first-order valence-electron chi connectivity index (χ1n) is 6.82. The summed E-state index contributed by atoms with van der Waals surface area (Å²) in [5.41, 5.74) is -0.895. The number of nitrogens with zero attached hydrogens (tertiary/aromatic N) is 2. The van der Waals surface area contributed by atoms with E-state index in [1.165, 1.54) is 12.1 Å². The molecule has 130 valence electrons. The highest BCUT2D eigenvalue weighted by Gasteiger charge is 2.33. The van der Waals surface area contributed by atoms with E-state index in [2.05, 4.69) is 36.5 Å². The van der Waals surface area contributed by atoms with E-state index in [0.29, 0.717) is 6.42 Å². The Morgan fingerprint density at radius 1 is 1.17 bits per heavy atom. The van der Waals surface area contributed by atoms with Gasteiger partial charge in [0.05, 0.1) is 4.47 Å². The zero-order valence-corrected chi connectivity index (χ0v) is 13.7. The van der Waals surface area contributed by atoms with Crippen LogP contribution in [0.4, 0.5) is 35.0 Å². The molecule has 2 aromatic rings. The third-order valence-electron chi connectivity index (χ3n) is 2.83. The number of benzene rings is 1. The minimum Gasteiger partial charge on any atom is -0.396 e. The minimum atomic E-state index is -4.66. The van der Waals surface area contributed by atoms with E-state index in [9.17, 15) is 17.6 Å². The molecule has 1 heterocycles. The maximum absolute atomic E-state index is 13.5. The molecule has 0 bridgehead atoms. The summed E-state index contributed by atoms with van der Waals surface area (Å²) in [6.07, 6.45) is -4.32. The predicted octanol–water partition coefficient (Wildman–Crippen LogP) is 3.93. The molecule has 24 heavy (non-hydrogen) atoms. The molecule has 0 aliphatic heterocycles. The lowest BCUT2D eigenvalue weighted by Crippen LogP contribution is -2.14. The lowest BCUT2D eigenvalue weighted by atomic mass is 10.3. The number of aliphatic hydroxyl groups is 1. The van der Waals surface area contributed by atoms with Crippen molar-refractivity contribution in [2.75, 3.05) is 23.8 Å². The summed E-state index contributed by atoms with van der Waals surface area (Å²) in [7, 11) is 0. The number of nitrogens with one attached hydrogen (secondary N) is 2. The summed E-state index contributed by atoms with van der Waals surface area (Å²) in [6.45, 7) is 0.0966. The molecule has 1 aromatic heterocycles. The van der Waals surface area contributed by atoms with Crippen LogP contribution in [0.3, 0.4) is 0 Å². The summed E-state index contributed by atoms with van der Waals surface area (Å²) < 4.78 is 52.6. The first-order chi connectivity index (χ1) is 11.3. The fraction of sp³-hybridized carbons (Fsp3) is 0.286. The fourth-order valence-electron chi connectivity index (χ4n) is 1.74. The average molecular weight is 409 g/mol. The SMILES string of the molecule is OCCCNc1nc(Nc2ccc(Br)c(F)c2)cc(C(F)(F)F)n1. The molecule has 3 N–H and O–H groups in total. The molecular weight excluding hydrogens is 396 g/mol. The van der Waals surface area contributed by atoms with E-state index in [4.69, 9.17) is 5.11 Å². The zero-order chi connectivity index (χ0) is 17.7. The number of hydrogen-bond acceptors (Lipinski definition) is 5. The number of anilines is 3. The first kappa shape index (κ1) is 18.4. The Kier molecular flexibility index (Phi) is 5.94. The predicted molar refractivity (Wildman–Crippen MR) is 84.6 cm³/mol. The maximum atomic E-state index is 13.5. The third-order valence-corrected chi connectivity index (χ3v) is 3.47. The van der Waals surface area contributed by atoms with Crippen molar-refractivity contribution >= 4 is 33.4 Å². The first-order valence-corrected chi connectivity index (χ1v) is 7.62. The van der Waals surface area contributed by atoms with Gasteiger partial charge in [-0.25, -0.2) is 9.37 Å². The summed E-state index contributed by atoms with van der Waals surface area (Å²) in [6, 6.07) is 4.76. The Hall–Kier alpha value is -1.94.